The lowest BCUT2D eigenvalue weighted by atomic mass is 10.1. The molecule has 3 aromatic heterocycles. The molecule has 1 aromatic carbocycles. The zero-order valence-electron chi connectivity index (χ0n) is 18.4. The van der Waals surface area contributed by atoms with Crippen molar-refractivity contribution in [3.63, 3.8) is 0 Å². The fourth-order valence-corrected chi connectivity index (χ4v) is 3.31. The molecule has 0 radical (unpaired) electrons. The molecule has 1 amide bonds. The van der Waals surface area contributed by atoms with E-state index in [1.54, 1.807) is 55.3 Å². The molecule has 0 fully saturated rings. The molecule has 166 valence electrons. The van der Waals surface area contributed by atoms with Crippen molar-refractivity contribution in [2.75, 3.05) is 18.2 Å². The summed E-state index contributed by atoms with van der Waals surface area (Å²) in [6, 6.07) is 7.30. The van der Waals surface area contributed by atoms with E-state index >= 15 is 0 Å². The standard InChI is InChI=1S/C21H24N8O3/c1-21(2,3)32-20(30)25-14-7-6-12(8-17(14)31-5)13-9-16(15-10-28(4)27-26-15)29-18(13)19(22)23-11-24-29/h6-11H,1-5H3,(H,25,30)(H2,22,23,24). The maximum atomic E-state index is 12.2. The second-order valence-corrected chi connectivity index (χ2v) is 8.17. The second kappa shape index (κ2) is 7.84. The third-order valence-corrected chi connectivity index (χ3v) is 4.60. The van der Waals surface area contributed by atoms with Gasteiger partial charge in [0.2, 0.25) is 0 Å². The smallest absolute Gasteiger partial charge is 0.412 e. The fraction of sp³-hybridized carbons (Fsp3) is 0.286. The molecular formula is C21H24N8O3. The lowest BCUT2D eigenvalue weighted by Gasteiger charge is -2.20. The maximum absolute atomic E-state index is 12.2. The monoisotopic (exact) mass is 436 g/mol. The van der Waals surface area contributed by atoms with Crippen molar-refractivity contribution in [2.24, 2.45) is 7.05 Å². The van der Waals surface area contributed by atoms with Crippen LogP contribution in [0.3, 0.4) is 0 Å². The van der Waals surface area contributed by atoms with Crippen LogP contribution in [0.5, 0.6) is 5.75 Å². The number of nitrogens with zero attached hydrogens (tertiary/aromatic N) is 6. The van der Waals surface area contributed by atoms with Crippen LogP contribution in [0.1, 0.15) is 20.8 Å². The van der Waals surface area contributed by atoms with Gasteiger partial charge in [0.15, 0.2) is 5.82 Å². The molecule has 0 saturated heterocycles. The van der Waals surface area contributed by atoms with Crippen LogP contribution >= 0.6 is 0 Å². The van der Waals surface area contributed by atoms with E-state index in [0.717, 1.165) is 11.1 Å². The van der Waals surface area contributed by atoms with E-state index in [9.17, 15) is 4.79 Å². The summed E-state index contributed by atoms with van der Waals surface area (Å²) in [6.07, 6.45) is 2.61. The first-order valence-corrected chi connectivity index (χ1v) is 9.83. The molecule has 0 atom stereocenters. The molecule has 3 heterocycles. The number of hydrogen-bond acceptors (Lipinski definition) is 8. The highest BCUT2D eigenvalue weighted by Gasteiger charge is 2.21. The number of anilines is 2. The molecule has 0 unspecified atom stereocenters. The molecule has 0 bridgehead atoms. The summed E-state index contributed by atoms with van der Waals surface area (Å²) in [7, 11) is 3.32. The van der Waals surface area contributed by atoms with Gasteiger partial charge in [-0.15, -0.1) is 5.10 Å². The van der Waals surface area contributed by atoms with Crippen molar-refractivity contribution in [3.05, 3.63) is 36.8 Å². The van der Waals surface area contributed by atoms with E-state index < -0.39 is 11.7 Å². The summed E-state index contributed by atoms with van der Waals surface area (Å²) in [4.78, 5) is 16.3. The number of fused-ring (bicyclic) bond motifs is 1. The van der Waals surface area contributed by atoms with Crippen LogP contribution in [-0.4, -0.2) is 48.4 Å². The van der Waals surface area contributed by atoms with Crippen molar-refractivity contribution in [1.29, 1.82) is 0 Å². The number of aryl methyl sites for hydroxylation is 1. The van der Waals surface area contributed by atoms with Crippen LogP contribution in [0, 0.1) is 0 Å². The Balaban J connectivity index is 1.78. The van der Waals surface area contributed by atoms with Gasteiger partial charge in [-0.3, -0.25) is 10.00 Å². The number of nitrogen functional groups attached to an aromatic ring is 1. The summed E-state index contributed by atoms with van der Waals surface area (Å²) in [6.45, 7) is 5.39. The molecular weight excluding hydrogens is 412 g/mol. The molecule has 11 nitrogen and oxygen atoms in total. The molecule has 0 saturated carbocycles. The number of nitrogens with two attached hydrogens (primary N) is 1. The molecule has 3 N–H and O–H groups in total. The Morgan fingerprint density at radius 1 is 1.22 bits per heavy atom. The lowest BCUT2D eigenvalue weighted by molar-refractivity contribution is 0.0635. The fourth-order valence-electron chi connectivity index (χ4n) is 3.31. The molecule has 4 aromatic rings. The van der Waals surface area contributed by atoms with Gasteiger partial charge >= 0.3 is 6.09 Å². The summed E-state index contributed by atoms with van der Waals surface area (Å²) >= 11 is 0. The number of nitrogens with one attached hydrogen (secondary N) is 1. The maximum Gasteiger partial charge on any atom is 0.412 e. The normalized spacial score (nSPS) is 11.5. The quantitative estimate of drug-likeness (QED) is 0.498. The number of methoxy groups -OCH3 is 1. The van der Waals surface area contributed by atoms with Gasteiger partial charge in [0.25, 0.3) is 0 Å². The van der Waals surface area contributed by atoms with Crippen LogP contribution in [0.15, 0.2) is 36.8 Å². The number of carbonyl (C=O) groups is 1. The van der Waals surface area contributed by atoms with Crippen molar-refractivity contribution in [2.45, 2.75) is 26.4 Å². The zero-order valence-corrected chi connectivity index (χ0v) is 18.4. The average Bonchev–Trinajstić information content (AvgIpc) is 3.31. The van der Waals surface area contributed by atoms with Crippen LogP contribution < -0.4 is 15.8 Å². The third-order valence-electron chi connectivity index (χ3n) is 4.60. The first-order chi connectivity index (χ1) is 15.2. The van der Waals surface area contributed by atoms with Gasteiger partial charge in [-0.1, -0.05) is 11.3 Å². The SMILES string of the molecule is COc1cc(-c2cc(-c3cn(C)nn3)n3ncnc(N)c23)ccc1NC(=O)OC(C)(C)C. The third kappa shape index (κ3) is 4.04. The van der Waals surface area contributed by atoms with E-state index in [0.29, 0.717) is 34.2 Å². The number of hydrogen-bond donors (Lipinski definition) is 2. The van der Waals surface area contributed by atoms with Crippen molar-refractivity contribution in [3.8, 4) is 28.3 Å². The van der Waals surface area contributed by atoms with Gasteiger partial charge in [-0.2, -0.15) is 5.10 Å². The van der Waals surface area contributed by atoms with E-state index in [4.69, 9.17) is 15.2 Å². The van der Waals surface area contributed by atoms with E-state index in [2.05, 4.69) is 25.7 Å². The molecule has 4 rings (SSSR count). The van der Waals surface area contributed by atoms with Gasteiger partial charge in [0, 0.05) is 12.6 Å². The minimum absolute atomic E-state index is 0.320. The number of ether oxygens (including phenoxy) is 2. The average molecular weight is 436 g/mol. The van der Waals surface area contributed by atoms with E-state index in [1.807, 2.05) is 12.1 Å². The number of benzene rings is 1. The molecule has 0 aliphatic rings. The van der Waals surface area contributed by atoms with Gasteiger partial charge in [-0.25, -0.2) is 14.3 Å². The van der Waals surface area contributed by atoms with Crippen molar-refractivity contribution in [1.82, 2.24) is 29.6 Å². The van der Waals surface area contributed by atoms with Crippen LogP contribution in [0.4, 0.5) is 16.3 Å². The first-order valence-electron chi connectivity index (χ1n) is 9.83. The predicted octanol–water partition coefficient (Wildman–Crippen LogP) is 3.13. The number of rotatable bonds is 4. The first kappa shape index (κ1) is 21.1. The van der Waals surface area contributed by atoms with Gasteiger partial charge in [0.1, 0.15) is 28.9 Å². The zero-order chi connectivity index (χ0) is 23.0. The van der Waals surface area contributed by atoms with Crippen molar-refractivity contribution >= 4 is 23.1 Å². The number of carbonyl (C=O) groups excluding carboxylic acids is 1. The highest BCUT2D eigenvalue weighted by atomic mass is 16.6. The largest absolute Gasteiger partial charge is 0.495 e. The van der Waals surface area contributed by atoms with Crippen LogP contribution in [0.25, 0.3) is 28.0 Å². The van der Waals surface area contributed by atoms with E-state index in [-0.39, 0.29) is 0 Å². The molecule has 11 heteroatoms. The Morgan fingerprint density at radius 2 is 2.00 bits per heavy atom. The Hall–Kier alpha value is -4.15. The Kier molecular flexibility index (Phi) is 5.17. The summed E-state index contributed by atoms with van der Waals surface area (Å²) in [5, 5.41) is 15.3. The minimum Gasteiger partial charge on any atom is -0.495 e. The van der Waals surface area contributed by atoms with Crippen LogP contribution in [-0.2, 0) is 11.8 Å². The topological polar surface area (TPSA) is 134 Å². The molecule has 32 heavy (non-hydrogen) atoms. The number of aromatic nitrogens is 6. The second-order valence-electron chi connectivity index (χ2n) is 8.17. The molecule has 0 aliphatic heterocycles. The lowest BCUT2D eigenvalue weighted by Crippen LogP contribution is -2.27. The Labute approximate surface area is 184 Å². The Bertz CT molecular complexity index is 1300. The van der Waals surface area contributed by atoms with Gasteiger partial charge in [-0.05, 0) is 44.5 Å². The summed E-state index contributed by atoms with van der Waals surface area (Å²) in [5.41, 5.74) is 9.63. The van der Waals surface area contributed by atoms with Gasteiger partial charge < -0.3 is 15.2 Å². The minimum atomic E-state index is -0.614. The molecule has 0 spiro atoms. The molecule has 0 aliphatic carbocycles. The van der Waals surface area contributed by atoms with Crippen LogP contribution in [0.2, 0.25) is 0 Å². The Morgan fingerprint density at radius 3 is 2.66 bits per heavy atom. The van der Waals surface area contributed by atoms with Gasteiger partial charge in [0.05, 0.1) is 24.7 Å². The highest BCUT2D eigenvalue weighted by Crippen LogP contribution is 2.37. The van der Waals surface area contributed by atoms with Crippen molar-refractivity contribution < 1.29 is 14.3 Å². The summed E-state index contributed by atoms with van der Waals surface area (Å²) < 4.78 is 14.1. The highest BCUT2D eigenvalue weighted by molar-refractivity contribution is 5.93. The van der Waals surface area contributed by atoms with E-state index in [1.165, 1.54) is 13.4 Å². The predicted molar refractivity (Wildman–Crippen MR) is 119 cm³/mol. The summed E-state index contributed by atoms with van der Waals surface area (Å²) in [5.74, 6) is 0.782. The number of amides is 1.